The Bertz CT molecular complexity index is 358. The number of rotatable bonds is 3. The summed E-state index contributed by atoms with van der Waals surface area (Å²) in [6.45, 7) is 5.77. The maximum Gasteiger partial charge on any atom is 0.0473 e. The van der Waals surface area contributed by atoms with Crippen molar-refractivity contribution < 1.29 is 0 Å². The Morgan fingerprint density at radius 1 is 1.24 bits per heavy atom. The molecule has 2 heteroatoms. The summed E-state index contributed by atoms with van der Waals surface area (Å²) in [5.74, 6) is 0.959. The van der Waals surface area contributed by atoms with Gasteiger partial charge in [0.15, 0.2) is 0 Å². The average molecular weight is 230 g/mol. The first-order valence-corrected chi connectivity index (χ1v) is 6.91. The molecule has 2 atom stereocenters. The molecule has 0 amide bonds. The Labute approximate surface area is 104 Å². The summed E-state index contributed by atoms with van der Waals surface area (Å²) >= 11 is 0. The third kappa shape index (κ3) is 2.38. The molecular weight excluding hydrogens is 208 g/mol. The molecule has 1 aliphatic carbocycles. The third-order valence-corrected chi connectivity index (χ3v) is 4.23. The monoisotopic (exact) mass is 230 g/mol. The zero-order valence-corrected chi connectivity index (χ0v) is 10.6. The minimum atomic E-state index is 0.566. The molecule has 3 rings (SSSR count). The van der Waals surface area contributed by atoms with E-state index in [9.17, 15) is 0 Å². The van der Waals surface area contributed by atoms with Crippen LogP contribution < -0.4 is 5.32 Å². The molecule has 2 aliphatic rings. The summed E-state index contributed by atoms with van der Waals surface area (Å²) in [4.78, 5) is 2.63. The first-order valence-electron chi connectivity index (χ1n) is 6.91. The predicted octanol–water partition coefficient (Wildman–Crippen LogP) is 2.43. The van der Waals surface area contributed by atoms with Crippen molar-refractivity contribution >= 4 is 0 Å². The second-order valence-corrected chi connectivity index (χ2v) is 5.37. The van der Waals surface area contributed by atoms with E-state index >= 15 is 0 Å². The molecule has 17 heavy (non-hydrogen) atoms. The van der Waals surface area contributed by atoms with E-state index in [2.05, 4.69) is 47.5 Å². The highest BCUT2D eigenvalue weighted by Gasteiger charge is 2.36. The largest absolute Gasteiger partial charge is 0.311 e. The van der Waals surface area contributed by atoms with Gasteiger partial charge in [-0.15, -0.1) is 0 Å². The fourth-order valence-corrected chi connectivity index (χ4v) is 3.00. The van der Waals surface area contributed by atoms with Gasteiger partial charge < -0.3 is 5.32 Å². The highest BCUT2D eigenvalue weighted by Crippen LogP contribution is 2.36. The van der Waals surface area contributed by atoms with E-state index in [1.165, 1.54) is 24.9 Å². The molecule has 1 saturated carbocycles. The maximum absolute atomic E-state index is 3.75. The number of nitrogens with zero attached hydrogens (tertiary/aromatic N) is 1. The Morgan fingerprint density at radius 3 is 2.65 bits per heavy atom. The van der Waals surface area contributed by atoms with Crippen LogP contribution in [0.3, 0.4) is 0 Å². The Morgan fingerprint density at radius 2 is 2.00 bits per heavy atom. The van der Waals surface area contributed by atoms with Gasteiger partial charge in [-0.1, -0.05) is 37.3 Å². The lowest BCUT2D eigenvalue weighted by Crippen LogP contribution is -2.53. The first kappa shape index (κ1) is 11.2. The van der Waals surface area contributed by atoms with Crippen molar-refractivity contribution in [2.45, 2.75) is 31.8 Å². The van der Waals surface area contributed by atoms with Crippen molar-refractivity contribution in [2.75, 3.05) is 19.6 Å². The maximum atomic E-state index is 3.75. The zero-order chi connectivity index (χ0) is 11.7. The number of benzene rings is 1. The van der Waals surface area contributed by atoms with Gasteiger partial charge in [-0.25, -0.2) is 0 Å². The number of nitrogens with one attached hydrogen (secondary N) is 1. The van der Waals surface area contributed by atoms with Crippen molar-refractivity contribution in [1.29, 1.82) is 0 Å². The topological polar surface area (TPSA) is 15.3 Å². The summed E-state index contributed by atoms with van der Waals surface area (Å²) in [7, 11) is 0. The smallest absolute Gasteiger partial charge is 0.0473 e. The van der Waals surface area contributed by atoms with Crippen molar-refractivity contribution in [2.24, 2.45) is 5.92 Å². The predicted molar refractivity (Wildman–Crippen MR) is 70.9 cm³/mol. The summed E-state index contributed by atoms with van der Waals surface area (Å²) in [5, 5.41) is 3.75. The number of hydrogen-bond acceptors (Lipinski definition) is 2. The lowest BCUT2D eigenvalue weighted by atomic mass is 9.99. The van der Waals surface area contributed by atoms with Gasteiger partial charge >= 0.3 is 0 Å². The van der Waals surface area contributed by atoms with Crippen LogP contribution in [-0.4, -0.2) is 30.6 Å². The second-order valence-electron chi connectivity index (χ2n) is 5.37. The van der Waals surface area contributed by atoms with Gasteiger partial charge in [0.25, 0.3) is 0 Å². The van der Waals surface area contributed by atoms with E-state index in [1.807, 2.05) is 0 Å². The molecule has 1 aromatic carbocycles. The highest BCUT2D eigenvalue weighted by atomic mass is 15.2. The number of piperazine rings is 1. The molecule has 1 N–H and O–H groups in total. The molecule has 0 bridgehead atoms. The Kier molecular flexibility index (Phi) is 3.17. The van der Waals surface area contributed by atoms with Crippen LogP contribution in [0, 0.1) is 5.92 Å². The minimum Gasteiger partial charge on any atom is -0.311 e. The van der Waals surface area contributed by atoms with Gasteiger partial charge in [-0.3, -0.25) is 4.90 Å². The van der Waals surface area contributed by atoms with E-state index in [0.717, 1.165) is 25.0 Å². The van der Waals surface area contributed by atoms with Crippen LogP contribution in [-0.2, 0) is 0 Å². The fraction of sp³-hybridized carbons (Fsp3) is 0.600. The van der Waals surface area contributed by atoms with E-state index in [-0.39, 0.29) is 0 Å². The molecule has 2 nitrogen and oxygen atoms in total. The van der Waals surface area contributed by atoms with Crippen LogP contribution >= 0.6 is 0 Å². The molecule has 2 unspecified atom stereocenters. The Balaban J connectivity index is 1.72. The van der Waals surface area contributed by atoms with E-state index in [1.54, 1.807) is 0 Å². The van der Waals surface area contributed by atoms with Crippen LogP contribution in [0.25, 0.3) is 0 Å². The second kappa shape index (κ2) is 4.79. The summed E-state index contributed by atoms with van der Waals surface area (Å²) in [5.41, 5.74) is 1.45. The lowest BCUT2D eigenvalue weighted by molar-refractivity contribution is 0.129. The van der Waals surface area contributed by atoms with E-state index in [4.69, 9.17) is 0 Å². The van der Waals surface area contributed by atoms with Gasteiger partial charge in [-0.05, 0) is 30.9 Å². The Hall–Kier alpha value is -0.860. The standard InChI is InChI=1S/C15H22N2/c1-2-17-11-14(12-8-9-12)16-10-15(17)13-6-4-3-5-7-13/h3-7,12,14-16H,2,8-11H2,1H3. The first-order chi connectivity index (χ1) is 8.38. The summed E-state index contributed by atoms with van der Waals surface area (Å²) < 4.78 is 0. The molecular formula is C15H22N2. The van der Waals surface area contributed by atoms with Gasteiger partial charge in [0, 0.05) is 25.2 Å². The van der Waals surface area contributed by atoms with Gasteiger partial charge in [0.2, 0.25) is 0 Å². The molecule has 0 aromatic heterocycles. The quantitative estimate of drug-likeness (QED) is 0.858. The van der Waals surface area contributed by atoms with Crippen molar-refractivity contribution in [1.82, 2.24) is 10.2 Å². The van der Waals surface area contributed by atoms with Crippen molar-refractivity contribution in [3.8, 4) is 0 Å². The number of hydrogen-bond donors (Lipinski definition) is 1. The van der Waals surface area contributed by atoms with Crippen LogP contribution in [0.4, 0.5) is 0 Å². The molecule has 0 radical (unpaired) electrons. The van der Waals surface area contributed by atoms with Gasteiger partial charge in [-0.2, -0.15) is 0 Å². The van der Waals surface area contributed by atoms with Crippen LogP contribution in [0.15, 0.2) is 30.3 Å². The summed E-state index contributed by atoms with van der Waals surface area (Å²) in [6, 6.07) is 12.2. The molecule has 0 spiro atoms. The molecule has 1 heterocycles. The molecule has 1 aliphatic heterocycles. The highest BCUT2D eigenvalue weighted by molar-refractivity contribution is 5.20. The lowest BCUT2D eigenvalue weighted by Gasteiger charge is -2.40. The zero-order valence-electron chi connectivity index (χ0n) is 10.6. The van der Waals surface area contributed by atoms with Gasteiger partial charge in [0.1, 0.15) is 0 Å². The average Bonchev–Trinajstić information content (AvgIpc) is 3.23. The third-order valence-electron chi connectivity index (χ3n) is 4.23. The number of likely N-dealkylation sites (N-methyl/N-ethyl adjacent to an activating group) is 1. The van der Waals surface area contributed by atoms with E-state index in [0.29, 0.717) is 6.04 Å². The van der Waals surface area contributed by atoms with Crippen molar-refractivity contribution in [3.63, 3.8) is 0 Å². The summed E-state index contributed by atoms with van der Waals surface area (Å²) in [6.07, 6.45) is 2.87. The van der Waals surface area contributed by atoms with E-state index < -0.39 is 0 Å². The van der Waals surface area contributed by atoms with Crippen LogP contribution in [0.2, 0.25) is 0 Å². The molecule has 1 saturated heterocycles. The van der Waals surface area contributed by atoms with Crippen molar-refractivity contribution in [3.05, 3.63) is 35.9 Å². The van der Waals surface area contributed by atoms with Crippen LogP contribution in [0.5, 0.6) is 0 Å². The molecule has 2 fully saturated rings. The molecule has 92 valence electrons. The SMILES string of the molecule is CCN1CC(C2CC2)NCC1c1ccccc1. The fourth-order valence-electron chi connectivity index (χ4n) is 3.00. The van der Waals surface area contributed by atoms with Gasteiger partial charge in [0.05, 0.1) is 0 Å². The van der Waals surface area contributed by atoms with Crippen LogP contribution in [0.1, 0.15) is 31.4 Å². The minimum absolute atomic E-state index is 0.566. The molecule has 1 aromatic rings. The normalized spacial score (nSPS) is 30.4.